The van der Waals surface area contributed by atoms with Crippen LogP contribution in [0.2, 0.25) is 5.02 Å². The maximum Gasteiger partial charge on any atom is 0.307 e. The molecule has 0 atom stereocenters. The van der Waals surface area contributed by atoms with Gasteiger partial charge in [0.2, 0.25) is 0 Å². The molecule has 0 fully saturated rings. The summed E-state index contributed by atoms with van der Waals surface area (Å²) in [6, 6.07) is 18.0. The third-order valence-electron chi connectivity index (χ3n) is 4.53. The number of ether oxygens (including phenoxy) is 1. The minimum Gasteiger partial charge on any atom is -0.481 e. The summed E-state index contributed by atoms with van der Waals surface area (Å²) in [5, 5.41) is 9.26. The van der Waals surface area contributed by atoms with Gasteiger partial charge in [-0.2, -0.15) is 0 Å². The number of hydrogen-bond acceptors (Lipinski definition) is 4. The van der Waals surface area contributed by atoms with Gasteiger partial charge in [-0.05, 0) is 47.4 Å². The lowest BCUT2D eigenvalue weighted by Crippen LogP contribution is -2.16. The van der Waals surface area contributed by atoms with Crippen molar-refractivity contribution in [1.82, 2.24) is 0 Å². The van der Waals surface area contributed by atoms with E-state index < -0.39 is 16.0 Å². The van der Waals surface area contributed by atoms with Gasteiger partial charge in [0.1, 0.15) is 5.75 Å². The molecule has 3 rings (SSSR count). The summed E-state index contributed by atoms with van der Waals surface area (Å²) < 4.78 is 34.7. The van der Waals surface area contributed by atoms with E-state index in [4.69, 9.17) is 21.4 Å². The van der Waals surface area contributed by atoms with Gasteiger partial charge in [0, 0.05) is 11.1 Å². The van der Waals surface area contributed by atoms with E-state index in [1.54, 1.807) is 54.6 Å². The van der Waals surface area contributed by atoms with Crippen molar-refractivity contribution in [3.63, 3.8) is 0 Å². The molecule has 0 heterocycles. The van der Waals surface area contributed by atoms with Crippen LogP contribution in [0.3, 0.4) is 0 Å². The molecule has 0 saturated heterocycles. The van der Waals surface area contributed by atoms with Crippen LogP contribution >= 0.6 is 11.6 Å². The quantitative estimate of drug-likeness (QED) is 0.451. The normalized spacial score (nSPS) is 11.4. The second kappa shape index (κ2) is 9.41. The number of carbonyl (C=O) groups is 1. The van der Waals surface area contributed by atoms with Gasteiger partial charge in [0.05, 0.1) is 17.0 Å². The Balaban J connectivity index is 1.91. The Kier molecular flexibility index (Phi) is 6.87. The van der Waals surface area contributed by atoms with Crippen LogP contribution < -0.4 is 9.46 Å². The van der Waals surface area contributed by atoms with Gasteiger partial charge in [-0.1, -0.05) is 55.8 Å². The van der Waals surface area contributed by atoms with E-state index in [2.05, 4.69) is 4.72 Å². The highest BCUT2D eigenvalue weighted by Crippen LogP contribution is 2.35. The molecule has 0 spiro atoms. The van der Waals surface area contributed by atoms with Gasteiger partial charge in [0.15, 0.2) is 5.75 Å². The molecule has 31 heavy (non-hydrogen) atoms. The third kappa shape index (κ3) is 5.77. The minimum atomic E-state index is -3.88. The SMILES string of the molecule is CC(C)c1ccccc1S(=O)(=O)Nc1ccc(Cl)cc1Oc1ccc(CC(=O)O)cc1. The van der Waals surface area contributed by atoms with Crippen LogP contribution in [0.25, 0.3) is 0 Å². The first-order valence-electron chi connectivity index (χ1n) is 9.55. The van der Waals surface area contributed by atoms with Crippen molar-refractivity contribution in [2.24, 2.45) is 0 Å². The number of sulfonamides is 1. The Morgan fingerprint density at radius 2 is 1.74 bits per heavy atom. The fourth-order valence-corrected chi connectivity index (χ4v) is 4.65. The lowest BCUT2D eigenvalue weighted by Gasteiger charge is -2.17. The summed E-state index contributed by atoms with van der Waals surface area (Å²) in [5.74, 6) is -0.261. The van der Waals surface area contributed by atoms with Gasteiger partial charge < -0.3 is 9.84 Å². The minimum absolute atomic E-state index is 0.0260. The van der Waals surface area contributed by atoms with Crippen molar-refractivity contribution < 1.29 is 23.1 Å². The lowest BCUT2D eigenvalue weighted by molar-refractivity contribution is -0.136. The first-order chi connectivity index (χ1) is 14.7. The molecule has 0 radical (unpaired) electrons. The van der Waals surface area contributed by atoms with Crippen LogP contribution in [-0.2, 0) is 21.2 Å². The molecule has 0 aliphatic rings. The van der Waals surface area contributed by atoms with Crippen molar-refractivity contribution in [3.05, 3.63) is 82.9 Å². The molecule has 3 aromatic carbocycles. The molecule has 0 bridgehead atoms. The summed E-state index contributed by atoms with van der Waals surface area (Å²) in [7, 11) is -3.88. The Bertz CT molecular complexity index is 1190. The molecule has 0 amide bonds. The molecule has 3 aromatic rings. The number of anilines is 1. The monoisotopic (exact) mass is 459 g/mol. The number of aliphatic carboxylic acids is 1. The first kappa shape index (κ1) is 22.7. The van der Waals surface area contributed by atoms with Crippen LogP contribution in [0.5, 0.6) is 11.5 Å². The Labute approximate surface area is 186 Å². The summed E-state index contributed by atoms with van der Waals surface area (Å²) in [5.41, 5.74) is 1.56. The maximum absolute atomic E-state index is 13.1. The molecule has 0 aromatic heterocycles. The molecule has 0 aliphatic carbocycles. The fourth-order valence-electron chi connectivity index (χ4n) is 3.04. The van der Waals surface area contributed by atoms with Gasteiger partial charge in [0.25, 0.3) is 10.0 Å². The number of nitrogens with one attached hydrogen (secondary N) is 1. The summed E-state index contributed by atoms with van der Waals surface area (Å²) in [4.78, 5) is 11.0. The van der Waals surface area contributed by atoms with E-state index in [0.717, 1.165) is 0 Å². The second-order valence-corrected chi connectivity index (χ2v) is 9.34. The molecule has 0 aliphatic heterocycles. The van der Waals surface area contributed by atoms with E-state index in [-0.39, 0.29) is 28.7 Å². The Morgan fingerprint density at radius 3 is 2.39 bits per heavy atom. The number of hydrogen-bond donors (Lipinski definition) is 2. The standard InChI is InChI=1S/C23H22ClNO5S/c1-15(2)19-5-3-4-6-22(19)31(28,29)25-20-12-9-17(24)14-21(20)30-18-10-7-16(8-11-18)13-23(26)27/h3-12,14-15,25H,13H2,1-2H3,(H,26,27). The predicted molar refractivity (Wildman–Crippen MR) is 121 cm³/mol. The van der Waals surface area contributed by atoms with Crippen LogP contribution in [-0.4, -0.2) is 19.5 Å². The van der Waals surface area contributed by atoms with Gasteiger partial charge in [-0.15, -0.1) is 0 Å². The van der Waals surface area contributed by atoms with Crippen LogP contribution in [0.1, 0.15) is 30.9 Å². The van der Waals surface area contributed by atoms with E-state index in [9.17, 15) is 13.2 Å². The number of halogens is 1. The van der Waals surface area contributed by atoms with Crippen LogP contribution in [0.4, 0.5) is 5.69 Å². The number of carboxylic acid groups (broad SMARTS) is 1. The highest BCUT2D eigenvalue weighted by molar-refractivity contribution is 7.92. The molecular weight excluding hydrogens is 438 g/mol. The van der Waals surface area contributed by atoms with E-state index >= 15 is 0 Å². The van der Waals surface area contributed by atoms with Crippen LogP contribution in [0.15, 0.2) is 71.6 Å². The molecule has 162 valence electrons. The highest BCUT2D eigenvalue weighted by Gasteiger charge is 2.21. The molecular formula is C23H22ClNO5S. The number of rotatable bonds is 8. The zero-order valence-electron chi connectivity index (χ0n) is 17.0. The van der Waals surface area contributed by atoms with Gasteiger partial charge >= 0.3 is 5.97 Å². The van der Waals surface area contributed by atoms with Gasteiger partial charge in [-0.3, -0.25) is 9.52 Å². The summed E-state index contributed by atoms with van der Waals surface area (Å²) >= 11 is 6.10. The zero-order chi connectivity index (χ0) is 22.6. The molecule has 2 N–H and O–H groups in total. The molecule has 0 saturated carbocycles. The van der Waals surface area contributed by atoms with Crippen molar-refractivity contribution >= 4 is 33.3 Å². The summed E-state index contributed by atoms with van der Waals surface area (Å²) in [6.45, 7) is 3.86. The topological polar surface area (TPSA) is 92.7 Å². The van der Waals surface area contributed by atoms with Crippen molar-refractivity contribution in [1.29, 1.82) is 0 Å². The Morgan fingerprint density at radius 1 is 1.06 bits per heavy atom. The van der Waals surface area contributed by atoms with Gasteiger partial charge in [-0.25, -0.2) is 8.42 Å². The van der Waals surface area contributed by atoms with Crippen molar-refractivity contribution in [3.8, 4) is 11.5 Å². The zero-order valence-corrected chi connectivity index (χ0v) is 18.6. The third-order valence-corrected chi connectivity index (χ3v) is 6.20. The second-order valence-electron chi connectivity index (χ2n) is 7.26. The Hall–Kier alpha value is -3.03. The van der Waals surface area contributed by atoms with Crippen LogP contribution in [0, 0.1) is 0 Å². The largest absolute Gasteiger partial charge is 0.481 e. The predicted octanol–water partition coefficient (Wildman–Crippen LogP) is 5.68. The molecule has 0 unspecified atom stereocenters. The molecule has 6 nitrogen and oxygen atoms in total. The van der Waals surface area contributed by atoms with E-state index in [1.165, 1.54) is 12.1 Å². The highest BCUT2D eigenvalue weighted by atomic mass is 35.5. The van der Waals surface area contributed by atoms with E-state index in [1.807, 2.05) is 13.8 Å². The van der Waals surface area contributed by atoms with Crippen molar-refractivity contribution in [2.75, 3.05) is 4.72 Å². The first-order valence-corrected chi connectivity index (χ1v) is 11.4. The van der Waals surface area contributed by atoms with E-state index in [0.29, 0.717) is 21.9 Å². The average Bonchev–Trinajstić information content (AvgIpc) is 2.71. The van der Waals surface area contributed by atoms with Crippen molar-refractivity contribution in [2.45, 2.75) is 31.1 Å². The number of carboxylic acids is 1. The number of benzene rings is 3. The maximum atomic E-state index is 13.1. The summed E-state index contributed by atoms with van der Waals surface area (Å²) in [6.07, 6.45) is -0.0994. The lowest BCUT2D eigenvalue weighted by atomic mass is 10.0. The fraction of sp³-hybridized carbons (Fsp3) is 0.174. The average molecular weight is 460 g/mol. The molecule has 8 heteroatoms. The smallest absolute Gasteiger partial charge is 0.307 e.